The molecule has 0 aliphatic carbocycles. The molecule has 0 aromatic heterocycles. The first-order valence-electron chi connectivity index (χ1n) is 6.29. The topological polar surface area (TPSA) is 50.4 Å². The molecule has 0 unspecified atom stereocenters. The molecule has 1 aromatic rings. The normalized spacial score (nSPS) is 10.2. The van der Waals surface area contributed by atoms with E-state index in [9.17, 15) is 4.79 Å². The molecule has 2 amide bonds. The Morgan fingerprint density at radius 1 is 1.33 bits per heavy atom. The highest BCUT2D eigenvalue weighted by Crippen LogP contribution is 2.11. The Labute approximate surface area is 109 Å². The predicted octanol–water partition coefficient (Wildman–Crippen LogP) is 2.33. The van der Waals surface area contributed by atoms with Crippen LogP contribution >= 0.6 is 0 Å². The largest absolute Gasteiger partial charge is 0.492 e. The summed E-state index contributed by atoms with van der Waals surface area (Å²) < 4.78 is 5.52. The number of nitrogens with one attached hydrogen (secondary N) is 2. The Balaban J connectivity index is 2.13. The minimum absolute atomic E-state index is 0.142. The third-order valence-corrected chi connectivity index (χ3v) is 2.32. The van der Waals surface area contributed by atoms with E-state index in [-0.39, 0.29) is 6.03 Å². The molecule has 2 N–H and O–H groups in total. The number of carbonyl (C=O) groups is 1. The van der Waals surface area contributed by atoms with Crippen molar-refractivity contribution >= 4 is 6.03 Å². The van der Waals surface area contributed by atoms with Crippen molar-refractivity contribution < 1.29 is 9.53 Å². The quantitative estimate of drug-likeness (QED) is 0.761. The van der Waals surface area contributed by atoms with Gasteiger partial charge in [0.2, 0.25) is 0 Å². The Morgan fingerprint density at radius 3 is 2.78 bits per heavy atom. The van der Waals surface area contributed by atoms with Crippen molar-refractivity contribution in [2.45, 2.75) is 20.8 Å². The van der Waals surface area contributed by atoms with Gasteiger partial charge in [0, 0.05) is 6.54 Å². The molecule has 4 nitrogen and oxygen atoms in total. The number of carbonyl (C=O) groups excluding carboxylic acids is 1. The molecule has 0 spiro atoms. The number of hydrogen-bond donors (Lipinski definition) is 2. The van der Waals surface area contributed by atoms with Crippen LogP contribution in [0.1, 0.15) is 19.4 Å². The molecule has 1 rings (SSSR count). The van der Waals surface area contributed by atoms with Gasteiger partial charge in [-0.1, -0.05) is 26.0 Å². The lowest BCUT2D eigenvalue weighted by Gasteiger charge is -2.10. The highest BCUT2D eigenvalue weighted by molar-refractivity contribution is 5.73. The molecule has 18 heavy (non-hydrogen) atoms. The molecule has 0 saturated heterocycles. The molecule has 0 aliphatic heterocycles. The molecular weight excluding hydrogens is 228 g/mol. The molecule has 0 heterocycles. The first-order valence-corrected chi connectivity index (χ1v) is 6.29. The van der Waals surface area contributed by atoms with E-state index < -0.39 is 0 Å². The maximum Gasteiger partial charge on any atom is 0.314 e. The van der Waals surface area contributed by atoms with Gasteiger partial charge in [-0.3, -0.25) is 0 Å². The Morgan fingerprint density at radius 2 is 2.11 bits per heavy atom. The zero-order valence-electron chi connectivity index (χ0n) is 11.3. The number of benzene rings is 1. The van der Waals surface area contributed by atoms with Crippen LogP contribution in [0.2, 0.25) is 0 Å². The van der Waals surface area contributed by atoms with Gasteiger partial charge in [-0.05, 0) is 30.5 Å². The van der Waals surface area contributed by atoms with Crippen molar-refractivity contribution in [1.29, 1.82) is 0 Å². The molecule has 0 saturated carbocycles. The Hall–Kier alpha value is -1.71. The van der Waals surface area contributed by atoms with Gasteiger partial charge in [0.25, 0.3) is 0 Å². The van der Waals surface area contributed by atoms with Crippen LogP contribution in [0.3, 0.4) is 0 Å². The summed E-state index contributed by atoms with van der Waals surface area (Å²) >= 11 is 0. The molecule has 4 heteroatoms. The lowest BCUT2D eigenvalue weighted by atomic mass is 10.2. The summed E-state index contributed by atoms with van der Waals surface area (Å²) in [7, 11) is 0. The monoisotopic (exact) mass is 250 g/mol. The lowest BCUT2D eigenvalue weighted by Crippen LogP contribution is -2.39. The van der Waals surface area contributed by atoms with Gasteiger partial charge in [-0.25, -0.2) is 4.79 Å². The molecular formula is C14H22N2O2. The maximum atomic E-state index is 11.3. The SMILES string of the molecule is Cc1cccc(OCCNC(=O)NCC(C)C)c1. The molecule has 1 aromatic carbocycles. The van der Waals surface area contributed by atoms with Gasteiger partial charge >= 0.3 is 6.03 Å². The number of urea groups is 1. The van der Waals surface area contributed by atoms with E-state index in [0.717, 1.165) is 11.3 Å². The summed E-state index contributed by atoms with van der Waals surface area (Å²) in [6.07, 6.45) is 0. The van der Waals surface area contributed by atoms with E-state index in [0.29, 0.717) is 25.6 Å². The van der Waals surface area contributed by atoms with E-state index in [1.807, 2.05) is 31.2 Å². The van der Waals surface area contributed by atoms with Gasteiger partial charge in [0.05, 0.1) is 6.54 Å². The number of hydrogen-bond acceptors (Lipinski definition) is 2. The lowest BCUT2D eigenvalue weighted by molar-refractivity contribution is 0.235. The zero-order chi connectivity index (χ0) is 13.4. The van der Waals surface area contributed by atoms with Crippen molar-refractivity contribution in [3.63, 3.8) is 0 Å². The second-order valence-corrected chi connectivity index (χ2v) is 4.70. The predicted molar refractivity (Wildman–Crippen MR) is 72.9 cm³/mol. The third-order valence-electron chi connectivity index (χ3n) is 2.32. The van der Waals surface area contributed by atoms with E-state index in [1.54, 1.807) is 0 Å². The van der Waals surface area contributed by atoms with Gasteiger partial charge in [0.15, 0.2) is 0 Å². The second-order valence-electron chi connectivity index (χ2n) is 4.70. The van der Waals surface area contributed by atoms with E-state index in [2.05, 4.69) is 24.5 Å². The fourth-order valence-corrected chi connectivity index (χ4v) is 1.40. The van der Waals surface area contributed by atoms with Crippen LogP contribution in [0.5, 0.6) is 5.75 Å². The average molecular weight is 250 g/mol. The summed E-state index contributed by atoms with van der Waals surface area (Å²) in [5.41, 5.74) is 1.16. The maximum absolute atomic E-state index is 11.3. The van der Waals surface area contributed by atoms with Gasteiger partial charge < -0.3 is 15.4 Å². The van der Waals surface area contributed by atoms with Crippen molar-refractivity contribution in [1.82, 2.24) is 10.6 Å². The summed E-state index contributed by atoms with van der Waals surface area (Å²) in [5.74, 6) is 1.29. The number of rotatable bonds is 6. The van der Waals surface area contributed by atoms with Crippen molar-refractivity contribution in [2.24, 2.45) is 5.92 Å². The number of amides is 2. The van der Waals surface area contributed by atoms with Crippen LogP contribution in [0.15, 0.2) is 24.3 Å². The van der Waals surface area contributed by atoms with E-state index in [4.69, 9.17) is 4.74 Å². The van der Waals surface area contributed by atoms with Crippen LogP contribution in [0, 0.1) is 12.8 Å². The summed E-state index contributed by atoms with van der Waals surface area (Å²) in [4.78, 5) is 11.3. The highest BCUT2D eigenvalue weighted by atomic mass is 16.5. The van der Waals surface area contributed by atoms with Gasteiger partial charge in [-0.15, -0.1) is 0 Å². The molecule has 0 radical (unpaired) electrons. The summed E-state index contributed by atoms with van der Waals surface area (Å²) in [6, 6.07) is 7.71. The van der Waals surface area contributed by atoms with E-state index in [1.165, 1.54) is 0 Å². The summed E-state index contributed by atoms with van der Waals surface area (Å²) in [6.45, 7) is 7.79. The third kappa shape index (κ3) is 6.13. The highest BCUT2D eigenvalue weighted by Gasteiger charge is 2.00. The number of aryl methyl sites for hydroxylation is 1. The minimum Gasteiger partial charge on any atom is -0.492 e. The second kappa shape index (κ2) is 7.58. The smallest absolute Gasteiger partial charge is 0.314 e. The first kappa shape index (κ1) is 14.4. The van der Waals surface area contributed by atoms with Crippen molar-refractivity contribution in [2.75, 3.05) is 19.7 Å². The van der Waals surface area contributed by atoms with Crippen LogP contribution < -0.4 is 15.4 Å². The summed E-state index contributed by atoms with van der Waals surface area (Å²) in [5, 5.41) is 5.53. The Bertz CT molecular complexity index is 378. The first-order chi connectivity index (χ1) is 8.58. The molecule has 0 bridgehead atoms. The standard InChI is InChI=1S/C14H22N2O2/c1-11(2)10-16-14(17)15-7-8-18-13-6-4-5-12(3)9-13/h4-6,9,11H,7-8,10H2,1-3H3,(H2,15,16,17). The van der Waals surface area contributed by atoms with Crippen LogP contribution in [-0.2, 0) is 0 Å². The molecule has 0 atom stereocenters. The minimum atomic E-state index is -0.142. The van der Waals surface area contributed by atoms with Crippen LogP contribution in [-0.4, -0.2) is 25.7 Å². The fourth-order valence-electron chi connectivity index (χ4n) is 1.40. The molecule has 100 valence electrons. The fraction of sp³-hybridized carbons (Fsp3) is 0.500. The number of ether oxygens (including phenoxy) is 1. The molecule has 0 aliphatic rings. The van der Waals surface area contributed by atoms with Crippen LogP contribution in [0.4, 0.5) is 4.79 Å². The Kier molecular flexibility index (Phi) is 6.05. The average Bonchev–Trinajstić information content (AvgIpc) is 2.32. The van der Waals surface area contributed by atoms with Gasteiger partial charge in [0.1, 0.15) is 12.4 Å². The van der Waals surface area contributed by atoms with Crippen molar-refractivity contribution in [3.05, 3.63) is 29.8 Å². The van der Waals surface area contributed by atoms with Crippen molar-refractivity contribution in [3.8, 4) is 5.75 Å². The zero-order valence-corrected chi connectivity index (χ0v) is 11.3. The van der Waals surface area contributed by atoms with Crippen LogP contribution in [0.25, 0.3) is 0 Å². The van der Waals surface area contributed by atoms with E-state index >= 15 is 0 Å². The van der Waals surface area contributed by atoms with Gasteiger partial charge in [-0.2, -0.15) is 0 Å². The molecule has 0 fully saturated rings.